The van der Waals surface area contributed by atoms with Crippen molar-refractivity contribution in [2.45, 2.75) is 65.9 Å². The molecule has 0 spiro atoms. The van der Waals surface area contributed by atoms with Gasteiger partial charge in [0, 0.05) is 39.2 Å². The molecule has 0 unspecified atom stereocenters. The maximum absolute atomic E-state index is 10.0. The molecular weight excluding hydrogens is 410 g/mol. The number of ether oxygens (including phenoxy) is 1. The van der Waals surface area contributed by atoms with E-state index in [0.29, 0.717) is 0 Å². The van der Waals surface area contributed by atoms with Crippen molar-refractivity contribution in [2.75, 3.05) is 18.0 Å². The van der Waals surface area contributed by atoms with E-state index in [0.717, 1.165) is 60.6 Å². The van der Waals surface area contributed by atoms with Crippen LogP contribution in [0.25, 0.3) is 5.65 Å². The number of fused-ring (bicyclic) bond motifs is 1. The van der Waals surface area contributed by atoms with Gasteiger partial charge in [-0.15, -0.1) is 5.10 Å². The van der Waals surface area contributed by atoms with Crippen LogP contribution in [0.1, 0.15) is 56.6 Å². The zero-order valence-corrected chi connectivity index (χ0v) is 19.8. The highest BCUT2D eigenvalue weighted by atomic mass is 16.6. The van der Waals surface area contributed by atoms with Crippen molar-refractivity contribution in [1.82, 2.24) is 34.3 Å². The lowest BCUT2D eigenvalue weighted by molar-refractivity contribution is 0.0600. The lowest BCUT2D eigenvalue weighted by atomic mass is 10.2. The third-order valence-electron chi connectivity index (χ3n) is 4.96. The number of aryl methyl sites for hydroxylation is 5. The molecule has 0 bridgehead atoms. The van der Waals surface area contributed by atoms with Crippen molar-refractivity contribution in [3.8, 4) is 0 Å². The molecule has 11 nitrogen and oxygen atoms in total. The highest BCUT2D eigenvalue weighted by Crippen LogP contribution is 2.17. The Hall–Kier alpha value is -3.24. The first-order valence-electron chi connectivity index (χ1n) is 10.8. The summed E-state index contributed by atoms with van der Waals surface area (Å²) in [7, 11) is 1.96. The molecule has 174 valence electrons. The molecule has 3 aromatic heterocycles. The van der Waals surface area contributed by atoms with Gasteiger partial charge in [-0.2, -0.15) is 10.1 Å². The van der Waals surface area contributed by atoms with Crippen LogP contribution in [0.5, 0.6) is 0 Å². The normalized spacial score (nSPS) is 13.9. The molecule has 1 aliphatic rings. The minimum absolute atomic E-state index is 0.453. The average Bonchev–Trinajstić information content (AvgIpc) is 3.41. The standard InChI is InChI=1S/C16H22N8.C5H11NO2/c1-11-10-17-12(2)15-18-13(20-24(11)15)6-7-14-19-16(21-22(14)3)23-8-4-5-9-23;1-5(2,3)8-4(6)7/h10H,4-9H2,1-3H3;1-3H3,(H2,6,7). The fourth-order valence-electron chi connectivity index (χ4n) is 3.44. The largest absolute Gasteiger partial charge is 0.444 e. The van der Waals surface area contributed by atoms with Crippen molar-refractivity contribution in [3.63, 3.8) is 0 Å². The molecule has 1 saturated heterocycles. The molecule has 1 amide bonds. The first kappa shape index (κ1) is 23.4. The van der Waals surface area contributed by atoms with E-state index in [9.17, 15) is 4.79 Å². The number of amides is 1. The summed E-state index contributed by atoms with van der Waals surface area (Å²) in [6, 6.07) is 0. The number of carbonyl (C=O) groups excluding carboxylic acids is 1. The number of carbonyl (C=O) groups is 1. The summed E-state index contributed by atoms with van der Waals surface area (Å²) in [6.45, 7) is 11.3. The zero-order chi connectivity index (χ0) is 23.5. The molecule has 1 aliphatic heterocycles. The van der Waals surface area contributed by atoms with Crippen molar-refractivity contribution in [2.24, 2.45) is 12.8 Å². The van der Waals surface area contributed by atoms with Crippen LogP contribution >= 0.6 is 0 Å². The fourth-order valence-corrected chi connectivity index (χ4v) is 3.44. The molecule has 0 atom stereocenters. The monoisotopic (exact) mass is 443 g/mol. The number of hydrogen-bond acceptors (Lipinski definition) is 8. The summed E-state index contributed by atoms with van der Waals surface area (Å²) in [6.07, 6.45) is 5.08. The Kier molecular flexibility index (Phi) is 6.95. The number of primary amides is 1. The van der Waals surface area contributed by atoms with E-state index in [1.165, 1.54) is 12.8 Å². The Morgan fingerprint density at radius 2 is 1.81 bits per heavy atom. The maximum Gasteiger partial charge on any atom is 0.405 e. The number of rotatable bonds is 4. The SMILES string of the molecule is CC(C)(C)OC(N)=O.Cc1ncc(C)n2nc(CCc3nc(N4CCCC4)nn3C)nc12. The number of nitrogens with zero attached hydrogens (tertiary/aromatic N) is 8. The van der Waals surface area contributed by atoms with Crippen LogP contribution < -0.4 is 10.6 Å². The Balaban J connectivity index is 0.000000312. The van der Waals surface area contributed by atoms with E-state index in [-0.39, 0.29) is 0 Å². The summed E-state index contributed by atoms with van der Waals surface area (Å²) < 4.78 is 8.32. The van der Waals surface area contributed by atoms with Gasteiger partial charge in [-0.05, 0) is 47.5 Å². The van der Waals surface area contributed by atoms with Crippen LogP contribution in [-0.2, 0) is 24.6 Å². The molecule has 3 aromatic rings. The topological polar surface area (TPSA) is 129 Å². The van der Waals surface area contributed by atoms with Gasteiger partial charge in [0.25, 0.3) is 0 Å². The minimum atomic E-state index is -0.725. The van der Waals surface area contributed by atoms with Crippen molar-refractivity contribution in [3.05, 3.63) is 29.2 Å². The van der Waals surface area contributed by atoms with Gasteiger partial charge in [0.2, 0.25) is 5.95 Å². The molecule has 32 heavy (non-hydrogen) atoms. The van der Waals surface area contributed by atoms with Crippen molar-refractivity contribution in [1.29, 1.82) is 0 Å². The van der Waals surface area contributed by atoms with E-state index < -0.39 is 11.7 Å². The third kappa shape index (κ3) is 5.92. The van der Waals surface area contributed by atoms with E-state index >= 15 is 0 Å². The molecule has 0 aliphatic carbocycles. The van der Waals surface area contributed by atoms with Gasteiger partial charge in [-0.1, -0.05) is 0 Å². The molecule has 0 saturated carbocycles. The Morgan fingerprint density at radius 1 is 1.12 bits per heavy atom. The van der Waals surface area contributed by atoms with Gasteiger partial charge in [-0.3, -0.25) is 9.67 Å². The van der Waals surface area contributed by atoms with Crippen LogP contribution in [0.2, 0.25) is 0 Å². The summed E-state index contributed by atoms with van der Waals surface area (Å²) in [5.74, 6) is 2.64. The smallest absolute Gasteiger partial charge is 0.405 e. The molecule has 4 heterocycles. The van der Waals surface area contributed by atoms with E-state index in [4.69, 9.17) is 10.7 Å². The second kappa shape index (κ2) is 9.49. The summed E-state index contributed by atoms with van der Waals surface area (Å²) in [4.78, 5) is 25.9. The molecule has 0 aromatic carbocycles. The second-order valence-corrected chi connectivity index (χ2v) is 8.93. The molecule has 0 radical (unpaired) electrons. The average molecular weight is 444 g/mol. The molecule has 11 heteroatoms. The van der Waals surface area contributed by atoms with Crippen LogP contribution in [0, 0.1) is 13.8 Å². The van der Waals surface area contributed by atoms with Gasteiger partial charge in [0.15, 0.2) is 11.5 Å². The van der Waals surface area contributed by atoms with Crippen molar-refractivity contribution >= 4 is 17.7 Å². The number of aromatic nitrogens is 7. The van der Waals surface area contributed by atoms with E-state index in [1.807, 2.05) is 36.3 Å². The second-order valence-electron chi connectivity index (χ2n) is 8.93. The first-order valence-corrected chi connectivity index (χ1v) is 10.8. The molecule has 2 N–H and O–H groups in total. The minimum Gasteiger partial charge on any atom is -0.444 e. The molecule has 1 fully saturated rings. The van der Waals surface area contributed by atoms with Gasteiger partial charge < -0.3 is 15.4 Å². The lowest BCUT2D eigenvalue weighted by Crippen LogP contribution is -2.27. The third-order valence-corrected chi connectivity index (χ3v) is 4.96. The number of anilines is 1. The van der Waals surface area contributed by atoms with Crippen LogP contribution in [0.15, 0.2) is 6.20 Å². The fraction of sp³-hybridized carbons (Fsp3) is 0.619. The van der Waals surface area contributed by atoms with E-state index in [2.05, 4.69) is 29.8 Å². The predicted molar refractivity (Wildman–Crippen MR) is 121 cm³/mol. The highest BCUT2D eigenvalue weighted by molar-refractivity contribution is 5.65. The highest BCUT2D eigenvalue weighted by Gasteiger charge is 2.18. The van der Waals surface area contributed by atoms with Gasteiger partial charge >= 0.3 is 6.09 Å². The molecular formula is C21H33N9O2. The van der Waals surface area contributed by atoms with Crippen LogP contribution in [0.3, 0.4) is 0 Å². The Labute approximate surface area is 188 Å². The van der Waals surface area contributed by atoms with Gasteiger partial charge in [0.1, 0.15) is 11.4 Å². The number of hydrogen-bond donors (Lipinski definition) is 1. The lowest BCUT2D eigenvalue weighted by Gasteiger charge is -2.16. The maximum atomic E-state index is 10.0. The van der Waals surface area contributed by atoms with Crippen molar-refractivity contribution < 1.29 is 9.53 Å². The summed E-state index contributed by atoms with van der Waals surface area (Å²) in [5, 5.41) is 9.15. The van der Waals surface area contributed by atoms with E-state index in [1.54, 1.807) is 20.8 Å². The Bertz CT molecular complexity index is 1040. The van der Waals surface area contributed by atoms with Crippen LogP contribution in [-0.4, -0.2) is 59.1 Å². The number of nitrogens with two attached hydrogens (primary N) is 1. The van der Waals surface area contributed by atoms with Gasteiger partial charge in [-0.25, -0.2) is 14.3 Å². The summed E-state index contributed by atoms with van der Waals surface area (Å²) in [5.41, 5.74) is 6.99. The predicted octanol–water partition coefficient (Wildman–Crippen LogP) is 2.14. The van der Waals surface area contributed by atoms with Gasteiger partial charge in [0.05, 0.1) is 11.4 Å². The van der Waals surface area contributed by atoms with Crippen LogP contribution in [0.4, 0.5) is 10.7 Å². The zero-order valence-electron chi connectivity index (χ0n) is 19.8. The summed E-state index contributed by atoms with van der Waals surface area (Å²) >= 11 is 0. The first-order chi connectivity index (χ1) is 15.0. The Morgan fingerprint density at radius 3 is 2.38 bits per heavy atom. The quantitative estimate of drug-likeness (QED) is 0.649. The molecule has 4 rings (SSSR count).